The molecule has 96 valence electrons. The van der Waals surface area contributed by atoms with Gasteiger partial charge in [0.2, 0.25) is 0 Å². The second-order valence-corrected chi connectivity index (χ2v) is 4.99. The van der Waals surface area contributed by atoms with Gasteiger partial charge in [-0.3, -0.25) is 0 Å². The van der Waals surface area contributed by atoms with Crippen LogP contribution in [0.15, 0.2) is 12.1 Å². The molecule has 7 heteroatoms. The smallest absolute Gasteiger partial charge is 0.200 e. The summed E-state index contributed by atoms with van der Waals surface area (Å²) >= 11 is 0. The highest BCUT2D eigenvalue weighted by molar-refractivity contribution is 5.42. The average molecular weight is 247 g/mol. The Hall–Kier alpha value is -1.76. The highest BCUT2D eigenvalue weighted by Crippen LogP contribution is 2.34. The zero-order valence-electron chi connectivity index (χ0n) is 10.6. The number of nitrogens with one attached hydrogen (secondary N) is 1. The third-order valence-electron chi connectivity index (χ3n) is 3.39. The van der Waals surface area contributed by atoms with Crippen molar-refractivity contribution in [1.82, 2.24) is 30.2 Å². The molecule has 1 aliphatic carbocycles. The largest absolute Gasteiger partial charge is 0.367 e. The van der Waals surface area contributed by atoms with Gasteiger partial charge < -0.3 is 10.2 Å². The minimum absolute atomic E-state index is 0.566. The first-order valence-electron chi connectivity index (χ1n) is 6.20. The van der Waals surface area contributed by atoms with Gasteiger partial charge in [-0.15, -0.1) is 14.8 Å². The van der Waals surface area contributed by atoms with E-state index in [0.29, 0.717) is 11.7 Å². The first-order chi connectivity index (χ1) is 8.74. The monoisotopic (exact) mass is 247 g/mol. The van der Waals surface area contributed by atoms with E-state index in [4.69, 9.17) is 0 Å². The van der Waals surface area contributed by atoms with Crippen LogP contribution < -0.4 is 5.32 Å². The molecule has 18 heavy (non-hydrogen) atoms. The van der Waals surface area contributed by atoms with Crippen LogP contribution in [-0.2, 0) is 0 Å². The summed E-state index contributed by atoms with van der Waals surface area (Å²) in [6, 6.07) is 4.33. The Kier molecular flexibility index (Phi) is 2.83. The van der Waals surface area contributed by atoms with Crippen LogP contribution in [0.3, 0.4) is 0 Å². The normalized spacial score (nSPS) is 17.3. The van der Waals surface area contributed by atoms with Gasteiger partial charge in [0, 0.05) is 12.6 Å². The van der Waals surface area contributed by atoms with Gasteiger partial charge in [0.25, 0.3) is 0 Å². The number of tetrazole rings is 1. The summed E-state index contributed by atoms with van der Waals surface area (Å²) in [5.41, 5.74) is 0.659. The molecule has 0 radical (unpaired) electrons. The molecule has 1 atom stereocenters. The maximum atomic E-state index is 4.30. The SMILES string of the molecule is CN(C)C(CNc1ccc2nnnn2n1)C1CC1. The first-order valence-corrected chi connectivity index (χ1v) is 6.20. The van der Waals surface area contributed by atoms with Gasteiger partial charge in [0.15, 0.2) is 5.65 Å². The summed E-state index contributed by atoms with van der Waals surface area (Å²) in [6.45, 7) is 0.901. The molecule has 1 aliphatic rings. The van der Waals surface area contributed by atoms with Crippen LogP contribution in [0.4, 0.5) is 5.82 Å². The summed E-state index contributed by atoms with van der Waals surface area (Å²) in [5.74, 6) is 1.63. The van der Waals surface area contributed by atoms with E-state index in [1.165, 1.54) is 17.5 Å². The number of rotatable bonds is 5. The lowest BCUT2D eigenvalue weighted by Crippen LogP contribution is -2.36. The predicted molar refractivity (Wildman–Crippen MR) is 67.3 cm³/mol. The Morgan fingerprint density at radius 1 is 1.44 bits per heavy atom. The van der Waals surface area contributed by atoms with E-state index in [2.05, 4.69) is 44.9 Å². The third-order valence-corrected chi connectivity index (χ3v) is 3.39. The van der Waals surface area contributed by atoms with Crippen molar-refractivity contribution in [3.63, 3.8) is 0 Å². The second-order valence-electron chi connectivity index (χ2n) is 4.99. The molecule has 1 unspecified atom stereocenters. The van der Waals surface area contributed by atoms with Gasteiger partial charge in [-0.05, 0) is 55.4 Å². The lowest BCUT2D eigenvalue weighted by atomic mass is 10.1. The molecule has 2 aromatic heterocycles. The van der Waals surface area contributed by atoms with Crippen LogP contribution in [0.1, 0.15) is 12.8 Å². The Morgan fingerprint density at radius 3 is 3.00 bits per heavy atom. The maximum absolute atomic E-state index is 4.30. The van der Waals surface area contributed by atoms with Crippen LogP contribution in [0.5, 0.6) is 0 Å². The number of fused-ring (bicyclic) bond motifs is 1. The molecule has 7 nitrogen and oxygen atoms in total. The molecule has 1 fully saturated rings. The molecule has 3 rings (SSSR count). The lowest BCUT2D eigenvalue weighted by molar-refractivity contribution is 0.276. The summed E-state index contributed by atoms with van der Waals surface area (Å²) in [4.78, 5) is 2.28. The van der Waals surface area contributed by atoms with E-state index in [-0.39, 0.29) is 0 Å². The van der Waals surface area contributed by atoms with Crippen LogP contribution in [0, 0.1) is 5.92 Å². The van der Waals surface area contributed by atoms with Crippen molar-refractivity contribution in [3.8, 4) is 0 Å². The van der Waals surface area contributed by atoms with E-state index in [0.717, 1.165) is 18.3 Å². The third kappa shape index (κ3) is 2.26. The van der Waals surface area contributed by atoms with Gasteiger partial charge in [-0.25, -0.2) is 0 Å². The van der Waals surface area contributed by atoms with Crippen molar-refractivity contribution in [2.24, 2.45) is 5.92 Å². The second kappa shape index (κ2) is 4.49. The molecule has 1 saturated carbocycles. The number of nitrogens with zero attached hydrogens (tertiary/aromatic N) is 6. The predicted octanol–water partition coefficient (Wildman–Crippen LogP) is 0.271. The van der Waals surface area contributed by atoms with Crippen molar-refractivity contribution < 1.29 is 0 Å². The molecular formula is C11H17N7. The Labute approximate surface area is 105 Å². The quantitative estimate of drug-likeness (QED) is 0.818. The fraction of sp³-hybridized carbons (Fsp3) is 0.636. The number of hydrogen-bond acceptors (Lipinski definition) is 6. The molecular weight excluding hydrogens is 230 g/mol. The molecule has 2 heterocycles. The van der Waals surface area contributed by atoms with Gasteiger partial charge in [-0.1, -0.05) is 0 Å². The fourth-order valence-electron chi connectivity index (χ4n) is 2.20. The summed E-state index contributed by atoms with van der Waals surface area (Å²) < 4.78 is 1.43. The summed E-state index contributed by atoms with van der Waals surface area (Å²) in [5, 5.41) is 18.8. The van der Waals surface area contributed by atoms with Crippen molar-refractivity contribution in [2.45, 2.75) is 18.9 Å². The van der Waals surface area contributed by atoms with E-state index < -0.39 is 0 Å². The van der Waals surface area contributed by atoms with Crippen LogP contribution in [-0.4, -0.2) is 56.8 Å². The van der Waals surface area contributed by atoms with Crippen molar-refractivity contribution in [1.29, 1.82) is 0 Å². The number of hydrogen-bond donors (Lipinski definition) is 1. The van der Waals surface area contributed by atoms with E-state index in [1.54, 1.807) is 0 Å². The Bertz CT molecular complexity index is 529. The number of likely N-dealkylation sites (N-methyl/N-ethyl adjacent to an activating group) is 1. The summed E-state index contributed by atoms with van der Waals surface area (Å²) in [7, 11) is 4.26. The van der Waals surface area contributed by atoms with E-state index >= 15 is 0 Å². The van der Waals surface area contributed by atoms with Crippen LogP contribution in [0.2, 0.25) is 0 Å². The molecule has 0 aliphatic heterocycles. The topological polar surface area (TPSA) is 71.2 Å². The van der Waals surface area contributed by atoms with Crippen molar-refractivity contribution in [2.75, 3.05) is 26.0 Å². The fourth-order valence-corrected chi connectivity index (χ4v) is 2.20. The lowest BCUT2D eigenvalue weighted by Gasteiger charge is -2.24. The number of aromatic nitrogens is 5. The molecule has 0 saturated heterocycles. The molecule has 0 bridgehead atoms. The molecule has 0 spiro atoms. The molecule has 2 aromatic rings. The summed E-state index contributed by atoms with van der Waals surface area (Å²) in [6.07, 6.45) is 2.67. The van der Waals surface area contributed by atoms with Crippen molar-refractivity contribution >= 4 is 11.5 Å². The van der Waals surface area contributed by atoms with Crippen LogP contribution >= 0.6 is 0 Å². The van der Waals surface area contributed by atoms with Gasteiger partial charge in [0.1, 0.15) is 5.82 Å². The van der Waals surface area contributed by atoms with E-state index in [9.17, 15) is 0 Å². The zero-order valence-corrected chi connectivity index (χ0v) is 10.6. The molecule has 1 N–H and O–H groups in total. The van der Waals surface area contributed by atoms with E-state index in [1.807, 2.05) is 12.1 Å². The minimum Gasteiger partial charge on any atom is -0.367 e. The van der Waals surface area contributed by atoms with Crippen molar-refractivity contribution in [3.05, 3.63) is 12.1 Å². The van der Waals surface area contributed by atoms with Gasteiger partial charge in [-0.2, -0.15) is 0 Å². The molecule has 0 aromatic carbocycles. The zero-order chi connectivity index (χ0) is 12.5. The first kappa shape index (κ1) is 11.3. The standard InChI is InChI=1S/C11H17N7/c1-17(2)9(8-3-4-8)7-12-10-5-6-11-13-15-16-18(11)14-10/h5-6,8-9H,3-4,7H2,1-2H3,(H,12,14). The van der Waals surface area contributed by atoms with Crippen LogP contribution in [0.25, 0.3) is 5.65 Å². The highest BCUT2D eigenvalue weighted by atomic mass is 15.6. The Morgan fingerprint density at radius 2 is 2.28 bits per heavy atom. The van der Waals surface area contributed by atoms with Gasteiger partial charge in [0.05, 0.1) is 0 Å². The highest BCUT2D eigenvalue weighted by Gasteiger charge is 2.32. The Balaban J connectivity index is 1.67. The van der Waals surface area contributed by atoms with Gasteiger partial charge >= 0.3 is 0 Å². The maximum Gasteiger partial charge on any atom is 0.200 e. The average Bonchev–Trinajstić information content (AvgIpc) is 3.07. The molecule has 0 amide bonds. The number of anilines is 1. The minimum atomic E-state index is 0.566.